The minimum atomic E-state index is 0.383. The molecule has 51 valence electrons. The first-order valence-electron chi connectivity index (χ1n) is 2.71. The summed E-state index contributed by atoms with van der Waals surface area (Å²) in [5.41, 5.74) is 0. The second-order valence-electron chi connectivity index (χ2n) is 1.70. The van der Waals surface area contributed by atoms with Gasteiger partial charge in [-0.15, -0.1) is 0 Å². The van der Waals surface area contributed by atoms with Gasteiger partial charge in [-0.05, 0) is 0 Å². The number of rotatable bonds is 2. The van der Waals surface area contributed by atoms with Crippen LogP contribution >= 0.6 is 0 Å². The first-order valence-corrected chi connectivity index (χ1v) is 2.71. The molecular weight excluding hydrogens is 130 g/mol. The van der Waals surface area contributed by atoms with E-state index in [1.807, 2.05) is 0 Å². The van der Waals surface area contributed by atoms with Gasteiger partial charge in [0.05, 0.1) is 0 Å². The van der Waals surface area contributed by atoms with Crippen molar-refractivity contribution in [3.05, 3.63) is 18.5 Å². The number of nitrogens with zero attached hydrogens (tertiary/aromatic N) is 3. The van der Waals surface area contributed by atoms with Gasteiger partial charge in [-0.25, -0.2) is 9.97 Å². The Morgan fingerprint density at radius 1 is 1.60 bits per heavy atom. The zero-order valence-corrected chi connectivity index (χ0v) is 5.48. The van der Waals surface area contributed by atoms with Crippen LogP contribution in [0.15, 0.2) is 12.4 Å². The predicted molar refractivity (Wildman–Crippen MR) is 35.3 cm³/mol. The van der Waals surface area contributed by atoms with Gasteiger partial charge < -0.3 is 0 Å². The van der Waals surface area contributed by atoms with Crippen LogP contribution in [0.25, 0.3) is 0 Å². The molecule has 0 aliphatic rings. The molecular formula is C6H6N3O. The van der Waals surface area contributed by atoms with Crippen molar-refractivity contribution in [1.82, 2.24) is 9.97 Å². The minimum Gasteiger partial charge on any atom is -0.286 e. The van der Waals surface area contributed by atoms with E-state index in [0.717, 1.165) is 0 Å². The Bertz CT molecular complexity index is 211. The molecule has 1 aromatic heterocycles. The van der Waals surface area contributed by atoms with Gasteiger partial charge in [0.1, 0.15) is 0 Å². The second kappa shape index (κ2) is 2.91. The lowest BCUT2D eigenvalue weighted by Crippen LogP contribution is -2.16. The van der Waals surface area contributed by atoms with E-state index in [-0.39, 0.29) is 0 Å². The number of anilines is 1. The first-order chi connectivity index (χ1) is 4.84. The van der Waals surface area contributed by atoms with Gasteiger partial charge in [-0.1, -0.05) is 0 Å². The summed E-state index contributed by atoms with van der Waals surface area (Å²) in [6.45, 7) is 0. The fourth-order valence-corrected chi connectivity index (χ4v) is 0.486. The summed E-state index contributed by atoms with van der Waals surface area (Å²) >= 11 is 0. The lowest BCUT2D eigenvalue weighted by molar-refractivity contribution is -0.107. The van der Waals surface area contributed by atoms with Crippen LogP contribution in [-0.2, 0) is 4.79 Å². The zero-order chi connectivity index (χ0) is 7.40. The molecule has 0 saturated heterocycles. The molecule has 0 aromatic carbocycles. The molecule has 1 rings (SSSR count). The Labute approximate surface area is 58.5 Å². The van der Waals surface area contributed by atoms with Crippen molar-refractivity contribution < 1.29 is 4.79 Å². The molecule has 1 aromatic rings. The number of hydrogen-bond donors (Lipinski definition) is 0. The van der Waals surface area contributed by atoms with Crippen LogP contribution in [-0.4, -0.2) is 23.4 Å². The SMILES string of the molecule is CN(C=O)c1nc[c]cn1. The topological polar surface area (TPSA) is 46.1 Å². The Balaban J connectivity index is 2.84. The quantitative estimate of drug-likeness (QED) is 0.532. The lowest BCUT2D eigenvalue weighted by Gasteiger charge is -2.04. The molecule has 0 unspecified atom stereocenters. The van der Waals surface area contributed by atoms with Crippen LogP contribution in [0.1, 0.15) is 0 Å². The number of amides is 1. The molecule has 1 heterocycles. The summed E-state index contributed by atoms with van der Waals surface area (Å²) in [7, 11) is 1.59. The number of carbonyl (C=O) groups is 1. The van der Waals surface area contributed by atoms with Gasteiger partial charge in [0.25, 0.3) is 0 Å². The third kappa shape index (κ3) is 1.28. The van der Waals surface area contributed by atoms with E-state index in [0.29, 0.717) is 12.4 Å². The van der Waals surface area contributed by atoms with Crippen LogP contribution in [0.2, 0.25) is 0 Å². The highest BCUT2D eigenvalue weighted by Gasteiger charge is 1.97. The molecule has 0 atom stereocenters. The highest BCUT2D eigenvalue weighted by Crippen LogP contribution is 1.96. The maximum absolute atomic E-state index is 10.1. The number of hydrogen-bond acceptors (Lipinski definition) is 3. The van der Waals surface area contributed by atoms with Crippen molar-refractivity contribution in [1.29, 1.82) is 0 Å². The van der Waals surface area contributed by atoms with Crippen LogP contribution in [0, 0.1) is 6.07 Å². The Morgan fingerprint density at radius 3 is 2.70 bits per heavy atom. The van der Waals surface area contributed by atoms with E-state index in [1.165, 1.54) is 17.3 Å². The smallest absolute Gasteiger partial charge is 0.231 e. The average Bonchev–Trinajstić information content (AvgIpc) is 2.05. The van der Waals surface area contributed by atoms with Gasteiger partial charge in [0.15, 0.2) is 0 Å². The molecule has 0 spiro atoms. The number of carbonyl (C=O) groups excluding carboxylic acids is 1. The first kappa shape index (κ1) is 6.67. The molecule has 4 heteroatoms. The lowest BCUT2D eigenvalue weighted by atomic mass is 10.6. The third-order valence-corrected chi connectivity index (χ3v) is 0.983. The molecule has 0 aliphatic carbocycles. The predicted octanol–water partition coefficient (Wildman–Crippen LogP) is -0.131. The fraction of sp³-hybridized carbons (Fsp3) is 0.167. The van der Waals surface area contributed by atoms with Gasteiger partial charge in [-0.2, -0.15) is 0 Å². The second-order valence-corrected chi connectivity index (χ2v) is 1.70. The van der Waals surface area contributed by atoms with Crippen LogP contribution in [0.5, 0.6) is 0 Å². The molecule has 0 saturated carbocycles. The molecule has 4 nitrogen and oxygen atoms in total. The monoisotopic (exact) mass is 136 g/mol. The Morgan fingerprint density at radius 2 is 2.20 bits per heavy atom. The summed E-state index contributed by atoms with van der Waals surface area (Å²) in [5.74, 6) is 0.383. The van der Waals surface area contributed by atoms with Crippen molar-refractivity contribution >= 4 is 12.4 Å². The van der Waals surface area contributed by atoms with E-state index < -0.39 is 0 Å². The van der Waals surface area contributed by atoms with Crippen molar-refractivity contribution in [2.24, 2.45) is 0 Å². The highest BCUT2D eigenvalue weighted by molar-refractivity contribution is 5.69. The Hall–Kier alpha value is -1.45. The van der Waals surface area contributed by atoms with Gasteiger partial charge in [0, 0.05) is 25.5 Å². The van der Waals surface area contributed by atoms with Crippen molar-refractivity contribution in [3.63, 3.8) is 0 Å². The van der Waals surface area contributed by atoms with Gasteiger partial charge in [0.2, 0.25) is 12.4 Å². The summed E-state index contributed by atoms with van der Waals surface area (Å²) in [4.78, 5) is 19.0. The highest BCUT2D eigenvalue weighted by atomic mass is 16.1. The van der Waals surface area contributed by atoms with Crippen LogP contribution < -0.4 is 4.90 Å². The van der Waals surface area contributed by atoms with E-state index in [4.69, 9.17) is 0 Å². The summed E-state index contributed by atoms with van der Waals surface area (Å²) < 4.78 is 0. The minimum absolute atomic E-state index is 0.383. The van der Waals surface area contributed by atoms with Crippen molar-refractivity contribution in [2.45, 2.75) is 0 Å². The summed E-state index contributed by atoms with van der Waals surface area (Å²) in [6.07, 6.45) is 3.57. The summed E-state index contributed by atoms with van der Waals surface area (Å²) in [5, 5.41) is 0. The largest absolute Gasteiger partial charge is 0.286 e. The maximum atomic E-state index is 10.1. The molecule has 0 N–H and O–H groups in total. The summed E-state index contributed by atoms with van der Waals surface area (Å²) in [6, 6.07) is 2.65. The van der Waals surface area contributed by atoms with E-state index in [1.54, 1.807) is 7.05 Å². The average molecular weight is 136 g/mol. The standard InChI is InChI=1S/C6H6N3O/c1-9(5-10)6-7-3-2-4-8-6/h3-5H,1H3. The normalized spacial score (nSPS) is 8.90. The Kier molecular flexibility index (Phi) is 1.94. The van der Waals surface area contributed by atoms with Crippen LogP contribution in [0.4, 0.5) is 5.95 Å². The van der Waals surface area contributed by atoms with Gasteiger partial charge in [-0.3, -0.25) is 9.69 Å². The van der Waals surface area contributed by atoms with Crippen LogP contribution in [0.3, 0.4) is 0 Å². The molecule has 1 radical (unpaired) electrons. The molecule has 10 heavy (non-hydrogen) atoms. The molecule has 1 amide bonds. The molecule has 0 fully saturated rings. The zero-order valence-electron chi connectivity index (χ0n) is 5.48. The van der Waals surface area contributed by atoms with Gasteiger partial charge >= 0.3 is 0 Å². The fourth-order valence-electron chi connectivity index (χ4n) is 0.486. The van der Waals surface area contributed by atoms with E-state index in [9.17, 15) is 4.79 Å². The van der Waals surface area contributed by atoms with Crippen molar-refractivity contribution in [3.8, 4) is 0 Å². The molecule has 0 bridgehead atoms. The van der Waals surface area contributed by atoms with E-state index in [2.05, 4.69) is 16.0 Å². The third-order valence-electron chi connectivity index (χ3n) is 0.983. The van der Waals surface area contributed by atoms with E-state index >= 15 is 0 Å². The molecule has 0 aliphatic heterocycles. The maximum Gasteiger partial charge on any atom is 0.231 e. The van der Waals surface area contributed by atoms with Crippen molar-refractivity contribution in [2.75, 3.05) is 11.9 Å². The number of aromatic nitrogens is 2.